The average Bonchev–Trinajstić information content (AvgIpc) is 3.04. The zero-order valence-corrected chi connectivity index (χ0v) is 27.9. The molecule has 4 fully saturated rings. The molecule has 0 aromatic carbocycles. The summed E-state index contributed by atoms with van der Waals surface area (Å²) in [6.07, 6.45) is -3.23. The summed E-state index contributed by atoms with van der Waals surface area (Å²) in [4.78, 5) is 81.5. The third-order valence-electron chi connectivity index (χ3n) is 9.22. The highest BCUT2D eigenvalue weighted by Gasteiger charge is 2.57. The van der Waals surface area contributed by atoms with Gasteiger partial charge < -0.3 is 40.5 Å². The third kappa shape index (κ3) is 9.63. The summed E-state index contributed by atoms with van der Waals surface area (Å²) in [5.41, 5.74) is 5.40. The number of aliphatic carboxylic acids is 1. The summed E-state index contributed by atoms with van der Waals surface area (Å²) in [7, 11) is 0. The minimum absolute atomic E-state index is 0.185. The van der Waals surface area contributed by atoms with Gasteiger partial charge in [0.15, 0.2) is 0 Å². The van der Waals surface area contributed by atoms with Gasteiger partial charge in [-0.1, -0.05) is 27.7 Å². The Morgan fingerprint density at radius 2 is 1.31 bits per heavy atom. The molecule has 4 heterocycles. The van der Waals surface area contributed by atoms with Gasteiger partial charge in [0.2, 0.25) is 11.8 Å². The molecule has 0 unspecified atom stereocenters. The number of rotatable bonds is 6. The Balaban J connectivity index is 0.000000804. The van der Waals surface area contributed by atoms with Crippen molar-refractivity contribution in [2.24, 2.45) is 29.4 Å². The summed E-state index contributed by atoms with van der Waals surface area (Å²) < 4.78 is 37.5. The maximum absolute atomic E-state index is 13.8. The van der Waals surface area contributed by atoms with Crippen molar-refractivity contribution >= 4 is 35.9 Å². The molecule has 7 amide bonds. The van der Waals surface area contributed by atoms with Crippen LogP contribution in [0.5, 0.6) is 0 Å². The van der Waals surface area contributed by atoms with Crippen LogP contribution >= 0.6 is 0 Å². The SMILES string of the molecule is CC(C)C(OC(=O)N1CCN(C(=O)N2C(=O)[C@H](CC3CCNCC3)[C@H]2C(=O)N2CCN(C(N)=O)CC2)CC1)C(C)C.O=C(O)C(F)(F)F. The van der Waals surface area contributed by atoms with Crippen LogP contribution in [-0.4, -0.2) is 149 Å². The molecule has 18 heteroatoms. The number of likely N-dealkylation sites (tertiary alicyclic amines) is 1. The summed E-state index contributed by atoms with van der Waals surface area (Å²) in [5, 5.41) is 10.5. The summed E-state index contributed by atoms with van der Waals surface area (Å²) >= 11 is 0. The number of nitrogens with two attached hydrogens (primary N) is 1. The van der Waals surface area contributed by atoms with Gasteiger partial charge in [-0.25, -0.2) is 19.2 Å². The molecule has 0 aromatic rings. The number of hydrogen-bond donors (Lipinski definition) is 3. The van der Waals surface area contributed by atoms with E-state index in [1.54, 1.807) is 14.7 Å². The molecular weight excluding hydrogens is 643 g/mol. The fraction of sp³-hybridized carbons (Fsp3) is 0.800. The number of hydrogen-bond acceptors (Lipinski definition) is 8. The van der Waals surface area contributed by atoms with Crippen LogP contribution < -0.4 is 11.1 Å². The number of alkyl halides is 3. The van der Waals surface area contributed by atoms with Crippen molar-refractivity contribution < 1.29 is 51.8 Å². The summed E-state index contributed by atoms with van der Waals surface area (Å²) in [5.74, 6) is -3.16. The van der Waals surface area contributed by atoms with Crippen molar-refractivity contribution in [2.75, 3.05) is 65.4 Å². The van der Waals surface area contributed by atoms with Gasteiger partial charge in [-0.2, -0.15) is 13.2 Å². The summed E-state index contributed by atoms with van der Waals surface area (Å²) in [6.45, 7) is 12.2. The number of carbonyl (C=O) groups is 6. The maximum atomic E-state index is 13.8. The van der Waals surface area contributed by atoms with Crippen molar-refractivity contribution in [3.05, 3.63) is 0 Å². The highest BCUT2D eigenvalue weighted by Crippen LogP contribution is 2.37. The van der Waals surface area contributed by atoms with Crippen LogP contribution in [0.1, 0.15) is 47.0 Å². The lowest BCUT2D eigenvalue weighted by Crippen LogP contribution is -2.72. The number of piperidine rings is 1. The van der Waals surface area contributed by atoms with Crippen LogP contribution in [0.15, 0.2) is 0 Å². The van der Waals surface area contributed by atoms with Crippen molar-refractivity contribution in [3.63, 3.8) is 0 Å². The lowest BCUT2D eigenvalue weighted by molar-refractivity contribution is -0.192. The van der Waals surface area contributed by atoms with E-state index in [2.05, 4.69) is 5.32 Å². The quantitative estimate of drug-likeness (QED) is 0.348. The highest BCUT2D eigenvalue weighted by molar-refractivity contribution is 6.09. The Morgan fingerprint density at radius 1 is 0.854 bits per heavy atom. The topological polar surface area (TPSA) is 186 Å². The Labute approximate surface area is 277 Å². The molecule has 0 saturated carbocycles. The lowest BCUT2D eigenvalue weighted by Gasteiger charge is -2.50. The number of β-lactam (4-membered cyclic amide) rings is 1. The second kappa shape index (κ2) is 16.5. The van der Waals surface area contributed by atoms with E-state index in [0.717, 1.165) is 30.8 Å². The van der Waals surface area contributed by atoms with Crippen LogP contribution in [0, 0.1) is 23.7 Å². The van der Waals surface area contributed by atoms with Crippen LogP contribution in [-0.2, 0) is 19.1 Å². The number of amides is 7. The molecule has 4 aliphatic heterocycles. The van der Waals surface area contributed by atoms with Crippen LogP contribution in [0.3, 0.4) is 0 Å². The second-order valence-electron chi connectivity index (χ2n) is 13.2. The first-order valence-electron chi connectivity index (χ1n) is 16.4. The molecule has 272 valence electrons. The molecule has 0 spiro atoms. The summed E-state index contributed by atoms with van der Waals surface area (Å²) in [6, 6.07) is -1.87. The van der Waals surface area contributed by atoms with E-state index in [1.165, 1.54) is 4.90 Å². The molecule has 0 aromatic heterocycles. The lowest BCUT2D eigenvalue weighted by atomic mass is 9.77. The number of carboxylic acids is 1. The molecule has 0 aliphatic carbocycles. The first kappa shape index (κ1) is 38.6. The first-order chi connectivity index (χ1) is 22.4. The third-order valence-corrected chi connectivity index (χ3v) is 9.22. The number of nitrogens with one attached hydrogen (secondary N) is 1. The number of halogens is 3. The number of piperazine rings is 2. The number of ether oxygens (including phenoxy) is 1. The van der Waals surface area contributed by atoms with Gasteiger partial charge >= 0.3 is 30.3 Å². The molecule has 0 bridgehead atoms. The molecule has 4 saturated heterocycles. The van der Waals surface area contributed by atoms with Crippen molar-refractivity contribution in [1.29, 1.82) is 0 Å². The van der Waals surface area contributed by atoms with Gasteiger partial charge in [-0.05, 0) is 50.1 Å². The van der Waals surface area contributed by atoms with E-state index in [-0.39, 0.29) is 42.8 Å². The second-order valence-corrected chi connectivity index (χ2v) is 13.2. The molecule has 4 rings (SSSR count). The molecule has 4 N–H and O–H groups in total. The smallest absolute Gasteiger partial charge is 0.475 e. The van der Waals surface area contributed by atoms with Gasteiger partial charge in [0.05, 0.1) is 5.92 Å². The Bertz CT molecular complexity index is 1170. The van der Waals surface area contributed by atoms with E-state index < -0.39 is 42.3 Å². The predicted octanol–water partition coefficient (Wildman–Crippen LogP) is 1.61. The minimum Gasteiger partial charge on any atom is -0.475 e. The zero-order chi connectivity index (χ0) is 35.9. The van der Waals surface area contributed by atoms with E-state index >= 15 is 0 Å². The minimum atomic E-state index is -5.08. The number of primary amides is 1. The highest BCUT2D eigenvalue weighted by atomic mass is 19.4. The molecule has 48 heavy (non-hydrogen) atoms. The predicted molar refractivity (Wildman–Crippen MR) is 164 cm³/mol. The molecule has 15 nitrogen and oxygen atoms in total. The molecule has 4 aliphatic rings. The number of urea groups is 2. The fourth-order valence-electron chi connectivity index (χ4n) is 6.55. The van der Waals surface area contributed by atoms with Gasteiger partial charge in [0.1, 0.15) is 12.1 Å². The monoisotopic (exact) mass is 691 g/mol. The standard InChI is InChI=1S/C28H47N7O6.C2HF3O2/c1-18(2)23(19(3)4)41-28(40)34-15-13-33(14-16-34)27(39)35-22(21(24(35)36)17-20-5-7-30-8-6-20)25(37)31-9-11-32(12-10-31)26(29)38;3-2(4,5)1(6)7/h18-23,30H,5-17H2,1-4H3,(H2,29,38);(H,6,7)/t21-,22+;/m1./s1. The number of carboxylic acid groups (broad SMARTS) is 1. The average molecular weight is 692 g/mol. The number of imide groups is 1. The van der Waals surface area contributed by atoms with Gasteiger partial charge in [-0.3, -0.25) is 14.5 Å². The zero-order valence-electron chi connectivity index (χ0n) is 27.9. The fourth-order valence-corrected chi connectivity index (χ4v) is 6.55. The van der Waals surface area contributed by atoms with Gasteiger partial charge in [0, 0.05) is 52.4 Å². The maximum Gasteiger partial charge on any atom is 0.490 e. The molecule has 2 atom stereocenters. The van der Waals surface area contributed by atoms with Gasteiger partial charge in [0.25, 0.3) is 0 Å². The van der Waals surface area contributed by atoms with Gasteiger partial charge in [-0.15, -0.1) is 0 Å². The normalized spacial score (nSPS) is 22.4. The molecular formula is C30H48F3N7O8. The van der Waals surface area contributed by atoms with E-state index in [9.17, 15) is 37.1 Å². The Hall–Kier alpha value is -3.83. The van der Waals surface area contributed by atoms with Crippen LogP contribution in [0.25, 0.3) is 0 Å². The van der Waals surface area contributed by atoms with E-state index in [0.29, 0.717) is 51.6 Å². The van der Waals surface area contributed by atoms with Crippen LogP contribution in [0.4, 0.5) is 27.6 Å². The van der Waals surface area contributed by atoms with E-state index in [1.807, 2.05) is 27.7 Å². The van der Waals surface area contributed by atoms with E-state index in [4.69, 9.17) is 20.4 Å². The number of nitrogens with zero attached hydrogens (tertiary/aromatic N) is 5. The molecule has 0 radical (unpaired) electrons. The largest absolute Gasteiger partial charge is 0.490 e. The Morgan fingerprint density at radius 3 is 1.77 bits per heavy atom. The van der Waals surface area contributed by atoms with Crippen molar-refractivity contribution in [1.82, 2.24) is 29.8 Å². The van der Waals surface area contributed by atoms with Crippen molar-refractivity contribution in [2.45, 2.75) is 65.3 Å². The number of carbonyl (C=O) groups excluding carboxylic acids is 5. The van der Waals surface area contributed by atoms with Crippen molar-refractivity contribution in [3.8, 4) is 0 Å². The van der Waals surface area contributed by atoms with Crippen LogP contribution in [0.2, 0.25) is 0 Å². The first-order valence-corrected chi connectivity index (χ1v) is 16.4. The Kier molecular flexibility index (Phi) is 13.3.